The second-order valence-corrected chi connectivity index (χ2v) is 8.13. The minimum atomic E-state index is -0.108. The van der Waals surface area contributed by atoms with Gasteiger partial charge in [-0.25, -0.2) is 4.98 Å². The maximum atomic E-state index is 12.7. The number of aromatic nitrogens is 1. The van der Waals surface area contributed by atoms with Crippen molar-refractivity contribution in [3.8, 4) is 5.75 Å². The van der Waals surface area contributed by atoms with Crippen LogP contribution in [0.15, 0.2) is 30.3 Å². The predicted molar refractivity (Wildman–Crippen MR) is 98.7 cm³/mol. The molecule has 4 heteroatoms. The summed E-state index contributed by atoms with van der Waals surface area (Å²) >= 11 is 0. The third-order valence-electron chi connectivity index (χ3n) is 6.66. The van der Waals surface area contributed by atoms with Crippen LogP contribution in [0.5, 0.6) is 5.75 Å². The first kappa shape index (κ1) is 16.4. The molecule has 132 valence electrons. The van der Waals surface area contributed by atoms with Crippen LogP contribution < -0.4 is 10.1 Å². The molecule has 3 fully saturated rings. The highest BCUT2D eigenvalue weighted by Crippen LogP contribution is 2.61. The Labute approximate surface area is 149 Å². The number of benzene rings is 1. The van der Waals surface area contributed by atoms with Crippen LogP contribution in [0.3, 0.4) is 0 Å². The highest BCUT2D eigenvalue weighted by Gasteiger charge is 2.53. The van der Waals surface area contributed by atoms with Crippen molar-refractivity contribution in [2.75, 3.05) is 13.7 Å². The van der Waals surface area contributed by atoms with E-state index in [2.05, 4.69) is 24.1 Å². The van der Waals surface area contributed by atoms with Gasteiger partial charge in [-0.1, -0.05) is 26.0 Å². The zero-order valence-corrected chi connectivity index (χ0v) is 15.2. The summed E-state index contributed by atoms with van der Waals surface area (Å²) in [4.78, 5) is 17.2. The van der Waals surface area contributed by atoms with Gasteiger partial charge < -0.3 is 10.1 Å². The Morgan fingerprint density at radius 2 is 2.12 bits per heavy atom. The topological polar surface area (TPSA) is 51.2 Å². The van der Waals surface area contributed by atoms with Crippen molar-refractivity contribution in [1.29, 1.82) is 0 Å². The van der Waals surface area contributed by atoms with Crippen molar-refractivity contribution < 1.29 is 9.53 Å². The smallest absolute Gasteiger partial charge is 0.270 e. The number of rotatable bonds is 4. The fourth-order valence-electron chi connectivity index (χ4n) is 4.95. The van der Waals surface area contributed by atoms with Crippen LogP contribution in [0.2, 0.25) is 0 Å². The number of hydrogen-bond donors (Lipinski definition) is 1. The summed E-state index contributed by atoms with van der Waals surface area (Å²) in [7, 11) is 1.63. The quantitative estimate of drug-likeness (QED) is 0.915. The van der Waals surface area contributed by atoms with Crippen molar-refractivity contribution in [2.24, 2.45) is 23.2 Å². The molecule has 1 heterocycles. The number of nitrogens with one attached hydrogen (secondary N) is 1. The van der Waals surface area contributed by atoms with Crippen molar-refractivity contribution in [3.63, 3.8) is 0 Å². The zero-order valence-electron chi connectivity index (χ0n) is 15.2. The minimum Gasteiger partial charge on any atom is -0.496 e. The Balaban J connectivity index is 1.49. The number of nitrogens with zero attached hydrogens (tertiary/aromatic N) is 1. The Kier molecular flexibility index (Phi) is 3.94. The second kappa shape index (κ2) is 6.01. The Bertz CT molecular complexity index is 813. The highest BCUT2D eigenvalue weighted by atomic mass is 16.5. The van der Waals surface area contributed by atoms with E-state index < -0.39 is 0 Å². The number of ether oxygens (including phenoxy) is 1. The van der Waals surface area contributed by atoms with Gasteiger partial charge in [-0.15, -0.1) is 0 Å². The number of fused-ring (bicyclic) bond motifs is 3. The standard InChI is InChI=1S/C21H26N2O2/c1-21(2)14-9-8-13(16(21)10-14)12-22-20(24)18-11-19(25-3)15-6-4-5-7-17(15)23-18/h4-7,11,13-14,16H,8-10,12H2,1-3H3,(H,22,24)/t13-,14-,16-/m0/s1. The third-order valence-corrected chi connectivity index (χ3v) is 6.66. The fraction of sp³-hybridized carbons (Fsp3) is 0.524. The summed E-state index contributed by atoms with van der Waals surface area (Å²) in [6.45, 7) is 5.52. The first-order valence-electron chi connectivity index (χ1n) is 9.22. The first-order valence-corrected chi connectivity index (χ1v) is 9.22. The van der Waals surface area contributed by atoms with Gasteiger partial charge in [0.25, 0.3) is 5.91 Å². The molecule has 2 aromatic rings. The molecular weight excluding hydrogens is 312 g/mol. The van der Waals surface area contributed by atoms with Gasteiger partial charge >= 0.3 is 0 Å². The van der Waals surface area contributed by atoms with E-state index in [9.17, 15) is 4.79 Å². The number of pyridine rings is 1. The summed E-state index contributed by atoms with van der Waals surface area (Å²) in [6.07, 6.45) is 3.86. The van der Waals surface area contributed by atoms with Crippen LogP contribution in [0.4, 0.5) is 0 Å². The van der Waals surface area contributed by atoms with Crippen molar-refractivity contribution in [2.45, 2.75) is 33.1 Å². The van der Waals surface area contributed by atoms with Crippen LogP contribution in [0, 0.1) is 23.2 Å². The molecule has 3 aliphatic rings. The number of carbonyl (C=O) groups excluding carboxylic acids is 1. The molecule has 25 heavy (non-hydrogen) atoms. The van der Waals surface area contributed by atoms with Gasteiger partial charge in [0.05, 0.1) is 12.6 Å². The van der Waals surface area contributed by atoms with Gasteiger partial charge in [0.1, 0.15) is 11.4 Å². The highest BCUT2D eigenvalue weighted by molar-refractivity contribution is 5.97. The lowest BCUT2D eigenvalue weighted by Gasteiger charge is -2.60. The SMILES string of the molecule is COc1cc(C(=O)NC[C@@H]2CC[C@H]3C[C@@H]2C3(C)C)nc2ccccc12. The average Bonchev–Trinajstić information content (AvgIpc) is 2.65. The Morgan fingerprint density at radius 1 is 1.32 bits per heavy atom. The number of hydrogen-bond acceptors (Lipinski definition) is 3. The maximum absolute atomic E-state index is 12.7. The van der Waals surface area contributed by atoms with Gasteiger partial charge in [0.15, 0.2) is 0 Å². The monoisotopic (exact) mass is 338 g/mol. The molecule has 0 saturated heterocycles. The van der Waals surface area contributed by atoms with E-state index in [0.29, 0.717) is 22.8 Å². The van der Waals surface area contributed by atoms with Crippen LogP contribution in [-0.2, 0) is 0 Å². The van der Waals surface area contributed by atoms with E-state index in [4.69, 9.17) is 4.74 Å². The molecule has 4 nitrogen and oxygen atoms in total. The van der Waals surface area contributed by atoms with E-state index in [1.165, 1.54) is 19.3 Å². The van der Waals surface area contributed by atoms with Gasteiger partial charge in [0.2, 0.25) is 0 Å². The molecule has 0 unspecified atom stereocenters. The van der Waals surface area contributed by atoms with E-state index >= 15 is 0 Å². The number of amides is 1. The van der Waals surface area contributed by atoms with E-state index in [1.54, 1.807) is 13.2 Å². The molecule has 3 atom stereocenters. The lowest BCUT2D eigenvalue weighted by molar-refractivity contribution is -0.103. The molecule has 1 N–H and O–H groups in total. The molecule has 1 amide bonds. The van der Waals surface area contributed by atoms with E-state index in [1.807, 2.05) is 24.3 Å². The maximum Gasteiger partial charge on any atom is 0.270 e. The molecule has 3 aliphatic carbocycles. The van der Waals surface area contributed by atoms with Gasteiger partial charge in [-0.05, 0) is 54.6 Å². The van der Waals surface area contributed by atoms with Crippen molar-refractivity contribution >= 4 is 16.8 Å². The van der Waals surface area contributed by atoms with Gasteiger partial charge in [-0.2, -0.15) is 0 Å². The predicted octanol–water partition coefficient (Wildman–Crippen LogP) is 4.05. The summed E-state index contributed by atoms with van der Waals surface area (Å²) in [5.74, 6) is 2.80. The van der Waals surface area contributed by atoms with Crippen LogP contribution >= 0.6 is 0 Å². The lowest BCUT2D eigenvalue weighted by atomic mass is 9.45. The summed E-state index contributed by atoms with van der Waals surface area (Å²) < 4.78 is 5.44. The van der Waals surface area contributed by atoms with Crippen molar-refractivity contribution in [1.82, 2.24) is 10.3 Å². The molecule has 0 radical (unpaired) electrons. The third kappa shape index (κ3) is 2.68. The molecule has 1 aromatic heterocycles. The summed E-state index contributed by atoms with van der Waals surface area (Å²) in [6, 6.07) is 9.48. The van der Waals surface area contributed by atoms with Crippen LogP contribution in [-0.4, -0.2) is 24.5 Å². The van der Waals surface area contributed by atoms with E-state index in [-0.39, 0.29) is 5.91 Å². The Morgan fingerprint density at radius 3 is 2.84 bits per heavy atom. The summed E-state index contributed by atoms with van der Waals surface area (Å²) in [5.41, 5.74) is 1.66. The molecule has 0 aliphatic heterocycles. The average molecular weight is 338 g/mol. The molecule has 2 bridgehead atoms. The van der Waals surface area contributed by atoms with Crippen molar-refractivity contribution in [3.05, 3.63) is 36.0 Å². The van der Waals surface area contributed by atoms with E-state index in [0.717, 1.165) is 29.3 Å². The molecule has 1 aromatic carbocycles. The summed E-state index contributed by atoms with van der Waals surface area (Å²) in [5, 5.41) is 4.05. The number of para-hydroxylation sites is 1. The van der Waals surface area contributed by atoms with Crippen LogP contribution in [0.1, 0.15) is 43.6 Å². The molecular formula is C21H26N2O2. The fourth-order valence-corrected chi connectivity index (χ4v) is 4.95. The normalized spacial score (nSPS) is 26.8. The Hall–Kier alpha value is -2.10. The largest absolute Gasteiger partial charge is 0.496 e. The number of carbonyl (C=O) groups is 1. The van der Waals surface area contributed by atoms with Gasteiger partial charge in [-0.3, -0.25) is 4.79 Å². The first-order chi connectivity index (χ1) is 12.0. The second-order valence-electron chi connectivity index (χ2n) is 8.13. The molecule has 0 spiro atoms. The number of methoxy groups -OCH3 is 1. The molecule has 3 saturated carbocycles. The van der Waals surface area contributed by atoms with Gasteiger partial charge in [0, 0.05) is 18.0 Å². The zero-order chi connectivity index (χ0) is 17.6. The minimum absolute atomic E-state index is 0.108. The molecule has 5 rings (SSSR count). The lowest BCUT2D eigenvalue weighted by Crippen LogP contribution is -2.54. The van der Waals surface area contributed by atoms with Crippen LogP contribution in [0.25, 0.3) is 10.9 Å².